The summed E-state index contributed by atoms with van der Waals surface area (Å²) in [6.07, 6.45) is 8.38. The lowest BCUT2D eigenvalue weighted by Crippen LogP contribution is -2.39. The van der Waals surface area contributed by atoms with Gasteiger partial charge < -0.3 is 15.2 Å². The third-order valence-electron chi connectivity index (χ3n) is 4.60. The fraction of sp³-hybridized carbons (Fsp3) is 0.316. The molecule has 0 aromatic carbocycles. The Morgan fingerprint density at radius 2 is 2.04 bits per heavy atom. The third kappa shape index (κ3) is 4.15. The number of aromatic nitrogens is 2. The Labute approximate surface area is 146 Å². The van der Waals surface area contributed by atoms with E-state index in [1.807, 2.05) is 23.1 Å². The molecule has 1 saturated heterocycles. The van der Waals surface area contributed by atoms with Gasteiger partial charge in [-0.1, -0.05) is 6.58 Å². The van der Waals surface area contributed by atoms with E-state index in [1.54, 1.807) is 18.6 Å². The van der Waals surface area contributed by atoms with Crippen molar-refractivity contribution in [1.29, 1.82) is 0 Å². The summed E-state index contributed by atoms with van der Waals surface area (Å²) >= 11 is 0. The van der Waals surface area contributed by atoms with E-state index < -0.39 is 0 Å². The molecule has 2 aromatic rings. The Hall–Kier alpha value is -2.89. The molecular weight excluding hydrogens is 316 g/mol. The summed E-state index contributed by atoms with van der Waals surface area (Å²) in [5.74, 6) is 0.436. The van der Waals surface area contributed by atoms with Gasteiger partial charge in [0.15, 0.2) is 0 Å². The molecule has 3 rings (SSSR count). The van der Waals surface area contributed by atoms with Gasteiger partial charge in [0.05, 0.1) is 0 Å². The van der Waals surface area contributed by atoms with Crippen LogP contribution in [0.1, 0.15) is 12.8 Å². The minimum Gasteiger partial charge on any atom is -0.380 e. The summed E-state index contributed by atoms with van der Waals surface area (Å²) in [5.41, 5.74) is 2.39. The van der Waals surface area contributed by atoms with Gasteiger partial charge in [0.1, 0.15) is 5.69 Å². The Kier molecular flexibility index (Phi) is 5.28. The Balaban J connectivity index is 1.61. The number of anilines is 1. The van der Waals surface area contributed by atoms with Crippen molar-refractivity contribution in [3.05, 3.63) is 59.8 Å². The van der Waals surface area contributed by atoms with Crippen molar-refractivity contribution in [3.8, 4) is 11.1 Å². The zero-order chi connectivity index (χ0) is 17.6. The van der Waals surface area contributed by atoms with Crippen molar-refractivity contribution >= 4 is 11.6 Å². The maximum atomic E-state index is 12.1. The van der Waals surface area contributed by atoms with Crippen LogP contribution in [0.2, 0.25) is 0 Å². The Bertz CT molecular complexity index is 793. The quantitative estimate of drug-likeness (QED) is 0.820. The molecule has 25 heavy (non-hydrogen) atoms. The monoisotopic (exact) mass is 338 g/mol. The standard InChI is InChI=1S/C19H22N4O2/c1-2-18(24)23-9-5-14(6-10-23)12-21-17-11-16(13-22-19(17)25)15-3-7-20-8-4-15/h2-4,7-8,11,13-14,21H,1,5-6,9-10,12H2,(H,22,25). The largest absolute Gasteiger partial charge is 0.380 e. The van der Waals surface area contributed by atoms with Gasteiger partial charge in [0.25, 0.3) is 5.56 Å². The molecule has 0 aliphatic carbocycles. The van der Waals surface area contributed by atoms with Crippen molar-refractivity contribution < 1.29 is 4.79 Å². The first-order valence-corrected chi connectivity index (χ1v) is 8.45. The predicted molar refractivity (Wildman–Crippen MR) is 98.3 cm³/mol. The van der Waals surface area contributed by atoms with Crippen LogP contribution in [-0.4, -0.2) is 40.4 Å². The number of hydrogen-bond acceptors (Lipinski definition) is 4. The number of likely N-dealkylation sites (tertiary alicyclic amines) is 1. The first-order chi connectivity index (χ1) is 12.2. The smallest absolute Gasteiger partial charge is 0.271 e. The van der Waals surface area contributed by atoms with E-state index in [9.17, 15) is 9.59 Å². The van der Waals surface area contributed by atoms with Crippen molar-refractivity contribution in [2.75, 3.05) is 25.0 Å². The van der Waals surface area contributed by atoms with E-state index in [0.717, 1.165) is 43.6 Å². The van der Waals surface area contributed by atoms with E-state index in [-0.39, 0.29) is 11.5 Å². The second-order valence-electron chi connectivity index (χ2n) is 6.22. The van der Waals surface area contributed by atoms with Gasteiger partial charge in [0.2, 0.25) is 5.91 Å². The minimum atomic E-state index is -0.128. The molecule has 0 saturated carbocycles. The lowest BCUT2D eigenvalue weighted by molar-refractivity contribution is -0.127. The van der Waals surface area contributed by atoms with E-state index in [2.05, 4.69) is 21.9 Å². The van der Waals surface area contributed by atoms with Crippen molar-refractivity contribution in [2.45, 2.75) is 12.8 Å². The van der Waals surface area contributed by atoms with Crippen molar-refractivity contribution in [3.63, 3.8) is 0 Å². The fourth-order valence-electron chi connectivity index (χ4n) is 3.07. The van der Waals surface area contributed by atoms with E-state index >= 15 is 0 Å². The highest BCUT2D eigenvalue weighted by Gasteiger charge is 2.21. The summed E-state index contributed by atoms with van der Waals surface area (Å²) in [6.45, 7) is 5.73. The molecule has 2 aromatic heterocycles. The van der Waals surface area contributed by atoms with Crippen LogP contribution in [0.3, 0.4) is 0 Å². The molecule has 6 heteroatoms. The van der Waals surface area contributed by atoms with Gasteiger partial charge in [0, 0.05) is 43.8 Å². The molecule has 1 aliphatic heterocycles. The molecule has 1 amide bonds. The molecule has 2 N–H and O–H groups in total. The average Bonchev–Trinajstić information content (AvgIpc) is 2.68. The lowest BCUT2D eigenvalue weighted by atomic mass is 9.96. The Morgan fingerprint density at radius 3 is 2.72 bits per heavy atom. The first kappa shape index (κ1) is 17.0. The number of amides is 1. The van der Waals surface area contributed by atoms with E-state index in [4.69, 9.17) is 0 Å². The number of nitrogens with one attached hydrogen (secondary N) is 2. The van der Waals surface area contributed by atoms with Crippen LogP contribution in [-0.2, 0) is 4.79 Å². The second kappa shape index (κ2) is 7.79. The molecule has 1 aliphatic rings. The van der Waals surface area contributed by atoms with Gasteiger partial charge in [-0.25, -0.2) is 0 Å². The number of aromatic amines is 1. The lowest BCUT2D eigenvalue weighted by Gasteiger charge is -2.31. The molecule has 130 valence electrons. The number of nitrogens with zero attached hydrogens (tertiary/aromatic N) is 2. The van der Waals surface area contributed by atoms with E-state index in [0.29, 0.717) is 11.6 Å². The van der Waals surface area contributed by atoms with Crippen LogP contribution in [0.25, 0.3) is 11.1 Å². The number of hydrogen-bond donors (Lipinski definition) is 2. The van der Waals surface area contributed by atoms with Gasteiger partial charge in [-0.15, -0.1) is 0 Å². The third-order valence-corrected chi connectivity index (χ3v) is 4.60. The fourth-order valence-corrected chi connectivity index (χ4v) is 3.07. The molecule has 0 atom stereocenters. The zero-order valence-electron chi connectivity index (χ0n) is 14.1. The van der Waals surface area contributed by atoms with E-state index in [1.165, 1.54) is 6.08 Å². The van der Waals surface area contributed by atoms with Gasteiger partial charge in [-0.3, -0.25) is 14.6 Å². The molecule has 1 fully saturated rings. The topological polar surface area (TPSA) is 78.1 Å². The number of rotatable bonds is 5. The number of H-pyrrole nitrogens is 1. The molecule has 0 bridgehead atoms. The van der Waals surface area contributed by atoms with Crippen molar-refractivity contribution in [2.24, 2.45) is 5.92 Å². The maximum Gasteiger partial charge on any atom is 0.271 e. The number of piperidine rings is 1. The summed E-state index contributed by atoms with van der Waals surface area (Å²) < 4.78 is 0. The first-order valence-electron chi connectivity index (χ1n) is 8.45. The van der Waals surface area contributed by atoms with Gasteiger partial charge >= 0.3 is 0 Å². The number of carbonyl (C=O) groups is 1. The summed E-state index contributed by atoms with van der Waals surface area (Å²) in [7, 11) is 0. The van der Waals surface area contributed by atoms with Crippen LogP contribution in [0.5, 0.6) is 0 Å². The minimum absolute atomic E-state index is 0.00657. The molecule has 0 unspecified atom stereocenters. The van der Waals surface area contributed by atoms with Crippen molar-refractivity contribution in [1.82, 2.24) is 14.9 Å². The predicted octanol–water partition coefficient (Wildman–Crippen LogP) is 2.27. The molecule has 0 spiro atoms. The Morgan fingerprint density at radius 1 is 1.32 bits per heavy atom. The van der Waals surface area contributed by atoms with Gasteiger partial charge in [-0.05, 0) is 48.6 Å². The molecular formula is C19H22N4O2. The number of carbonyl (C=O) groups excluding carboxylic acids is 1. The SMILES string of the molecule is C=CC(=O)N1CCC(CNc2cc(-c3ccncc3)c[nH]c2=O)CC1. The summed E-state index contributed by atoms with van der Waals surface area (Å²) in [6, 6.07) is 5.68. The summed E-state index contributed by atoms with van der Waals surface area (Å²) in [4.78, 5) is 32.3. The molecule has 0 radical (unpaired) electrons. The van der Waals surface area contributed by atoms with Crippen LogP contribution in [0.15, 0.2) is 54.2 Å². The normalized spacial score (nSPS) is 15.0. The second-order valence-corrected chi connectivity index (χ2v) is 6.22. The highest BCUT2D eigenvalue weighted by molar-refractivity contribution is 5.87. The van der Waals surface area contributed by atoms with Crippen LogP contribution in [0.4, 0.5) is 5.69 Å². The van der Waals surface area contributed by atoms with Crippen LogP contribution < -0.4 is 10.9 Å². The van der Waals surface area contributed by atoms with Crippen LogP contribution >= 0.6 is 0 Å². The molecule has 3 heterocycles. The maximum absolute atomic E-state index is 12.1. The molecule has 6 nitrogen and oxygen atoms in total. The zero-order valence-corrected chi connectivity index (χ0v) is 14.1. The summed E-state index contributed by atoms with van der Waals surface area (Å²) in [5, 5.41) is 3.27. The average molecular weight is 338 g/mol. The number of pyridine rings is 2. The van der Waals surface area contributed by atoms with Gasteiger partial charge in [-0.2, -0.15) is 0 Å². The highest BCUT2D eigenvalue weighted by Crippen LogP contribution is 2.21. The highest BCUT2D eigenvalue weighted by atomic mass is 16.2. The van der Waals surface area contributed by atoms with Crippen LogP contribution in [0, 0.1) is 5.92 Å².